The van der Waals surface area contributed by atoms with E-state index in [4.69, 9.17) is 4.74 Å². The van der Waals surface area contributed by atoms with E-state index >= 15 is 0 Å². The Balaban J connectivity index is 2.02. The Bertz CT molecular complexity index is 774. The predicted molar refractivity (Wildman–Crippen MR) is 104 cm³/mol. The molecular weight excluding hydrogens is 369 g/mol. The van der Waals surface area contributed by atoms with Crippen molar-refractivity contribution in [3.8, 4) is 5.75 Å². The lowest BCUT2D eigenvalue weighted by molar-refractivity contribution is -0.137. The number of anilines is 1. The number of hydrogen-bond donors (Lipinski definition) is 1. The number of alkyl halides is 3. The number of ether oxygens (including phenoxy) is 1. The summed E-state index contributed by atoms with van der Waals surface area (Å²) in [6.45, 7) is 7.46. The van der Waals surface area contributed by atoms with Gasteiger partial charge in [-0.2, -0.15) is 13.2 Å². The lowest BCUT2D eigenvalue weighted by atomic mass is 10.1. The van der Waals surface area contributed by atoms with Gasteiger partial charge in [0.15, 0.2) is 0 Å². The van der Waals surface area contributed by atoms with E-state index in [2.05, 4.69) is 24.1 Å². The Kier molecular flexibility index (Phi) is 7.87. The normalized spacial score (nSPS) is 11.5. The highest BCUT2D eigenvalue weighted by atomic mass is 19.4. The standard InChI is InChI=1S/C21H25F3N2O2/c1-3-26(4-2)13-8-14-28-19-12-6-5-11-18(19)20(27)25-17-10-7-9-16(15-17)21(22,23)24/h5-7,9-12,15H,3-4,8,13-14H2,1-2H3,(H,25,27). The number of carbonyl (C=O) groups is 1. The molecule has 0 heterocycles. The fourth-order valence-corrected chi connectivity index (χ4v) is 2.76. The molecule has 0 aromatic heterocycles. The SMILES string of the molecule is CCN(CC)CCCOc1ccccc1C(=O)Nc1cccc(C(F)(F)F)c1. The summed E-state index contributed by atoms with van der Waals surface area (Å²) in [5.41, 5.74) is -0.454. The summed E-state index contributed by atoms with van der Waals surface area (Å²) in [5, 5.41) is 2.51. The highest BCUT2D eigenvalue weighted by molar-refractivity contribution is 6.06. The van der Waals surface area contributed by atoms with E-state index in [1.54, 1.807) is 24.3 Å². The average Bonchev–Trinajstić information content (AvgIpc) is 2.68. The number of halogens is 3. The van der Waals surface area contributed by atoms with Gasteiger partial charge in [-0.15, -0.1) is 0 Å². The second kappa shape index (κ2) is 10.1. The van der Waals surface area contributed by atoms with Gasteiger partial charge in [0.2, 0.25) is 0 Å². The predicted octanol–water partition coefficient (Wildman–Crippen LogP) is 5.07. The zero-order valence-electron chi connectivity index (χ0n) is 16.1. The fourth-order valence-electron chi connectivity index (χ4n) is 2.76. The first-order chi connectivity index (χ1) is 13.3. The maximum atomic E-state index is 12.8. The molecule has 0 saturated carbocycles. The van der Waals surface area contributed by atoms with Crippen LogP contribution in [0.15, 0.2) is 48.5 Å². The van der Waals surface area contributed by atoms with Crippen LogP contribution in [0.1, 0.15) is 36.2 Å². The third-order valence-corrected chi connectivity index (χ3v) is 4.35. The van der Waals surface area contributed by atoms with Crippen molar-refractivity contribution in [3.05, 3.63) is 59.7 Å². The lowest BCUT2D eigenvalue weighted by Crippen LogP contribution is -2.25. The van der Waals surface area contributed by atoms with Crippen LogP contribution in [0.2, 0.25) is 0 Å². The molecule has 7 heteroatoms. The Morgan fingerprint density at radius 1 is 1.07 bits per heavy atom. The highest BCUT2D eigenvalue weighted by Crippen LogP contribution is 2.31. The third-order valence-electron chi connectivity index (χ3n) is 4.35. The number of amides is 1. The zero-order valence-corrected chi connectivity index (χ0v) is 16.1. The maximum Gasteiger partial charge on any atom is 0.416 e. The van der Waals surface area contributed by atoms with Crippen LogP contribution in [0.5, 0.6) is 5.75 Å². The number of nitrogens with zero attached hydrogens (tertiary/aromatic N) is 1. The lowest BCUT2D eigenvalue weighted by Gasteiger charge is -2.18. The average molecular weight is 394 g/mol. The summed E-state index contributed by atoms with van der Waals surface area (Å²) in [4.78, 5) is 14.8. The molecule has 4 nitrogen and oxygen atoms in total. The molecule has 0 atom stereocenters. The van der Waals surface area contributed by atoms with Gasteiger partial charge in [-0.25, -0.2) is 0 Å². The molecule has 0 unspecified atom stereocenters. The van der Waals surface area contributed by atoms with Crippen molar-refractivity contribution in [1.82, 2.24) is 4.90 Å². The van der Waals surface area contributed by atoms with Gasteiger partial charge < -0.3 is 15.0 Å². The van der Waals surface area contributed by atoms with Crippen LogP contribution < -0.4 is 10.1 Å². The molecule has 0 aliphatic rings. The number of carbonyl (C=O) groups excluding carboxylic acids is 1. The van der Waals surface area contributed by atoms with E-state index in [-0.39, 0.29) is 11.3 Å². The van der Waals surface area contributed by atoms with Gasteiger partial charge in [0, 0.05) is 12.2 Å². The summed E-state index contributed by atoms with van der Waals surface area (Å²) in [6.07, 6.45) is -3.65. The van der Waals surface area contributed by atoms with Crippen molar-refractivity contribution in [1.29, 1.82) is 0 Å². The summed E-state index contributed by atoms with van der Waals surface area (Å²) in [6, 6.07) is 11.2. The minimum absolute atomic E-state index is 0.0798. The Hall–Kier alpha value is -2.54. The van der Waals surface area contributed by atoms with Crippen molar-refractivity contribution >= 4 is 11.6 Å². The molecule has 0 fully saturated rings. The van der Waals surface area contributed by atoms with Crippen LogP contribution in [0, 0.1) is 0 Å². The summed E-state index contributed by atoms with van der Waals surface area (Å²) < 4.78 is 44.3. The minimum Gasteiger partial charge on any atom is -0.493 e. The maximum absolute atomic E-state index is 12.8. The molecule has 0 bridgehead atoms. The van der Waals surface area contributed by atoms with E-state index in [9.17, 15) is 18.0 Å². The van der Waals surface area contributed by atoms with Crippen LogP contribution in [-0.2, 0) is 6.18 Å². The molecule has 0 saturated heterocycles. The van der Waals surface area contributed by atoms with Gasteiger partial charge in [-0.3, -0.25) is 4.79 Å². The van der Waals surface area contributed by atoms with Crippen LogP contribution in [-0.4, -0.2) is 37.0 Å². The second-order valence-electron chi connectivity index (χ2n) is 6.26. The number of hydrogen-bond acceptors (Lipinski definition) is 3. The van der Waals surface area contributed by atoms with Crippen molar-refractivity contribution in [2.45, 2.75) is 26.4 Å². The van der Waals surface area contributed by atoms with E-state index in [1.165, 1.54) is 12.1 Å². The van der Waals surface area contributed by atoms with E-state index in [1.807, 2.05) is 0 Å². The van der Waals surface area contributed by atoms with Gasteiger partial charge in [-0.1, -0.05) is 32.0 Å². The monoisotopic (exact) mass is 394 g/mol. The summed E-state index contributed by atoms with van der Waals surface area (Å²) >= 11 is 0. The summed E-state index contributed by atoms with van der Waals surface area (Å²) in [7, 11) is 0. The quantitative estimate of drug-likeness (QED) is 0.604. The Morgan fingerprint density at radius 2 is 1.79 bits per heavy atom. The molecular formula is C21H25F3N2O2. The van der Waals surface area contributed by atoms with Crippen molar-refractivity contribution in [3.63, 3.8) is 0 Å². The van der Waals surface area contributed by atoms with E-state index in [0.29, 0.717) is 12.4 Å². The van der Waals surface area contributed by atoms with E-state index in [0.717, 1.165) is 38.2 Å². The molecule has 1 amide bonds. The van der Waals surface area contributed by atoms with Crippen LogP contribution in [0.25, 0.3) is 0 Å². The Labute approximate surface area is 163 Å². The van der Waals surface area contributed by atoms with Crippen LogP contribution in [0.4, 0.5) is 18.9 Å². The largest absolute Gasteiger partial charge is 0.493 e. The molecule has 2 aromatic rings. The van der Waals surface area contributed by atoms with Gasteiger partial charge >= 0.3 is 6.18 Å². The number of benzene rings is 2. The smallest absolute Gasteiger partial charge is 0.416 e. The van der Waals surface area contributed by atoms with E-state index < -0.39 is 17.6 Å². The Morgan fingerprint density at radius 3 is 2.46 bits per heavy atom. The molecule has 0 radical (unpaired) electrons. The molecule has 2 rings (SSSR count). The molecule has 0 spiro atoms. The molecule has 0 aliphatic carbocycles. The number of para-hydroxylation sites is 1. The first kappa shape index (κ1) is 21.8. The van der Waals surface area contributed by atoms with Crippen molar-refractivity contribution < 1.29 is 22.7 Å². The van der Waals surface area contributed by atoms with Crippen molar-refractivity contribution in [2.24, 2.45) is 0 Å². The topological polar surface area (TPSA) is 41.6 Å². The first-order valence-corrected chi connectivity index (χ1v) is 9.28. The zero-order chi connectivity index (χ0) is 20.6. The third kappa shape index (κ3) is 6.27. The van der Waals surface area contributed by atoms with Gasteiger partial charge in [0.05, 0.1) is 17.7 Å². The minimum atomic E-state index is -4.47. The first-order valence-electron chi connectivity index (χ1n) is 9.28. The van der Waals surface area contributed by atoms with Gasteiger partial charge in [0.1, 0.15) is 5.75 Å². The highest BCUT2D eigenvalue weighted by Gasteiger charge is 2.30. The molecule has 0 aliphatic heterocycles. The molecule has 2 aromatic carbocycles. The molecule has 152 valence electrons. The van der Waals surface area contributed by atoms with Crippen molar-refractivity contribution in [2.75, 3.05) is 31.6 Å². The van der Waals surface area contributed by atoms with Crippen LogP contribution in [0.3, 0.4) is 0 Å². The second-order valence-corrected chi connectivity index (χ2v) is 6.26. The molecule has 28 heavy (non-hydrogen) atoms. The van der Waals surface area contributed by atoms with Gasteiger partial charge in [-0.05, 0) is 49.8 Å². The van der Waals surface area contributed by atoms with Crippen LogP contribution >= 0.6 is 0 Å². The van der Waals surface area contributed by atoms with Gasteiger partial charge in [0.25, 0.3) is 5.91 Å². The number of rotatable bonds is 9. The fraction of sp³-hybridized carbons (Fsp3) is 0.381. The number of nitrogens with one attached hydrogen (secondary N) is 1. The summed E-state index contributed by atoms with van der Waals surface area (Å²) in [5.74, 6) is -0.106. The molecule has 1 N–H and O–H groups in total.